The molecule has 2 fully saturated rings. The standard InChI is InChI=1S/C41H84N4O3/c1-5-6-7-8-9-10-24-45-25-11-15-35(3)36-17-16-34(2)30-38(33-40(31-36)48-28-14-23-44)41(4)20-18-39(47-27-13-22-43)32-37(41)19-29-46-26-12-21-42/h34-40,45H,5-33,42-44H2,1-4H3/t34-,35+,36-,37+,38+,39+,40+,41-/m0/s1. The number of rotatable bonds is 27. The van der Waals surface area contributed by atoms with Crippen LogP contribution in [0.15, 0.2) is 0 Å². The highest BCUT2D eigenvalue weighted by Crippen LogP contribution is 2.53. The maximum absolute atomic E-state index is 6.78. The second-order valence-corrected chi connectivity index (χ2v) is 16.3. The van der Waals surface area contributed by atoms with Gasteiger partial charge in [0.05, 0.1) is 12.2 Å². The summed E-state index contributed by atoms with van der Waals surface area (Å²) in [6, 6.07) is 0. The van der Waals surface area contributed by atoms with Crippen molar-refractivity contribution in [3.63, 3.8) is 0 Å². The van der Waals surface area contributed by atoms with E-state index in [1.165, 1.54) is 96.4 Å². The summed E-state index contributed by atoms with van der Waals surface area (Å²) in [4.78, 5) is 0. The van der Waals surface area contributed by atoms with Crippen LogP contribution in [0.4, 0.5) is 0 Å². The lowest BCUT2D eigenvalue weighted by atomic mass is 9.56. The van der Waals surface area contributed by atoms with Gasteiger partial charge in [-0.3, -0.25) is 0 Å². The number of hydrogen-bond acceptors (Lipinski definition) is 7. The molecule has 0 unspecified atom stereocenters. The molecular weight excluding hydrogens is 596 g/mol. The van der Waals surface area contributed by atoms with Gasteiger partial charge in [0.2, 0.25) is 0 Å². The van der Waals surface area contributed by atoms with Gasteiger partial charge in [-0.25, -0.2) is 0 Å². The van der Waals surface area contributed by atoms with Crippen LogP contribution in [0, 0.1) is 35.0 Å². The molecule has 7 N–H and O–H groups in total. The molecule has 7 nitrogen and oxygen atoms in total. The SMILES string of the molecule is CCCCCCCCNCCC[C@@H](C)[C@H]1CC[C@H](C)C[C@@H]([C@@]2(C)CC[C@@H](OCCCN)C[C@H]2CCOCCCN)C[C@H](OCCCN)C1. The zero-order valence-electron chi connectivity index (χ0n) is 32.5. The fraction of sp³-hybridized carbons (Fsp3) is 1.00. The molecule has 0 bridgehead atoms. The maximum atomic E-state index is 6.78. The van der Waals surface area contributed by atoms with Crippen LogP contribution in [-0.4, -0.2) is 71.4 Å². The van der Waals surface area contributed by atoms with E-state index in [0.717, 1.165) is 89.3 Å². The molecule has 2 aliphatic carbocycles. The quantitative estimate of drug-likeness (QED) is 0.0646. The van der Waals surface area contributed by atoms with Crippen LogP contribution < -0.4 is 22.5 Å². The average molecular weight is 681 g/mol. The van der Waals surface area contributed by atoms with Crippen molar-refractivity contribution in [3.05, 3.63) is 0 Å². The summed E-state index contributed by atoms with van der Waals surface area (Å²) in [5.41, 5.74) is 17.7. The van der Waals surface area contributed by atoms with Crippen molar-refractivity contribution in [2.24, 2.45) is 52.2 Å². The van der Waals surface area contributed by atoms with Crippen LogP contribution in [0.2, 0.25) is 0 Å². The topological polar surface area (TPSA) is 118 Å². The molecule has 0 aromatic heterocycles. The van der Waals surface area contributed by atoms with Crippen molar-refractivity contribution >= 4 is 0 Å². The number of nitrogens with one attached hydrogen (secondary N) is 1. The number of hydrogen-bond donors (Lipinski definition) is 4. The van der Waals surface area contributed by atoms with Crippen molar-refractivity contribution < 1.29 is 14.2 Å². The first-order chi connectivity index (χ1) is 23.4. The molecule has 0 radical (unpaired) electrons. The molecular formula is C41H84N4O3. The van der Waals surface area contributed by atoms with E-state index in [4.69, 9.17) is 31.4 Å². The van der Waals surface area contributed by atoms with Crippen LogP contribution >= 0.6 is 0 Å². The van der Waals surface area contributed by atoms with Gasteiger partial charge in [0.15, 0.2) is 0 Å². The summed E-state index contributed by atoms with van der Waals surface area (Å²) < 4.78 is 19.3. The second-order valence-electron chi connectivity index (χ2n) is 16.3. The molecule has 286 valence electrons. The minimum atomic E-state index is 0.266. The molecule has 0 aromatic rings. The predicted molar refractivity (Wildman–Crippen MR) is 205 cm³/mol. The zero-order valence-corrected chi connectivity index (χ0v) is 32.5. The van der Waals surface area contributed by atoms with Gasteiger partial charge in [0.1, 0.15) is 0 Å². The normalized spacial score (nSPS) is 29.3. The molecule has 7 heteroatoms. The molecule has 0 aliphatic heterocycles. The third kappa shape index (κ3) is 17.8. The van der Waals surface area contributed by atoms with Crippen molar-refractivity contribution in [1.82, 2.24) is 5.32 Å². The minimum Gasteiger partial charge on any atom is -0.381 e. The fourth-order valence-corrected chi connectivity index (χ4v) is 8.90. The molecule has 8 atom stereocenters. The van der Waals surface area contributed by atoms with Gasteiger partial charge in [0.25, 0.3) is 0 Å². The highest BCUT2D eigenvalue weighted by molar-refractivity contribution is 4.96. The number of ether oxygens (including phenoxy) is 3. The van der Waals surface area contributed by atoms with Gasteiger partial charge in [0, 0.05) is 26.4 Å². The Labute approximate surface area is 298 Å². The lowest BCUT2D eigenvalue weighted by molar-refractivity contribution is -0.0803. The molecule has 0 amide bonds. The van der Waals surface area contributed by atoms with E-state index in [2.05, 4.69) is 33.0 Å². The van der Waals surface area contributed by atoms with Crippen LogP contribution in [0.5, 0.6) is 0 Å². The van der Waals surface area contributed by atoms with E-state index in [1.54, 1.807) is 0 Å². The molecule has 2 saturated carbocycles. The summed E-state index contributed by atoms with van der Waals surface area (Å²) >= 11 is 0. The van der Waals surface area contributed by atoms with Gasteiger partial charge in [-0.05, 0) is 158 Å². The Hall–Kier alpha value is -0.280. The second kappa shape index (κ2) is 27.4. The van der Waals surface area contributed by atoms with Crippen LogP contribution in [0.25, 0.3) is 0 Å². The first kappa shape index (κ1) is 43.9. The number of nitrogens with two attached hydrogens (primary N) is 3. The lowest BCUT2D eigenvalue weighted by Gasteiger charge is -2.50. The van der Waals surface area contributed by atoms with Gasteiger partial charge >= 0.3 is 0 Å². The average Bonchev–Trinajstić information content (AvgIpc) is 3.16. The van der Waals surface area contributed by atoms with Crippen molar-refractivity contribution in [2.45, 2.75) is 168 Å². The van der Waals surface area contributed by atoms with Crippen molar-refractivity contribution in [2.75, 3.05) is 59.2 Å². The molecule has 0 heterocycles. The monoisotopic (exact) mass is 681 g/mol. The molecule has 0 aromatic carbocycles. The summed E-state index contributed by atoms with van der Waals surface area (Å²) in [5, 5.41) is 3.74. The van der Waals surface area contributed by atoms with Gasteiger partial charge in [-0.2, -0.15) is 0 Å². The first-order valence-electron chi connectivity index (χ1n) is 21.0. The highest BCUT2D eigenvalue weighted by atomic mass is 16.5. The highest BCUT2D eigenvalue weighted by Gasteiger charge is 2.46. The summed E-state index contributed by atoms with van der Waals surface area (Å²) in [7, 11) is 0. The molecule has 0 saturated heterocycles. The predicted octanol–water partition coefficient (Wildman–Crippen LogP) is 8.22. The largest absolute Gasteiger partial charge is 0.381 e. The third-order valence-corrected chi connectivity index (χ3v) is 12.3. The molecule has 2 aliphatic rings. The molecule has 0 spiro atoms. The molecule has 2 rings (SSSR count). The van der Waals surface area contributed by atoms with Crippen molar-refractivity contribution in [1.29, 1.82) is 0 Å². The van der Waals surface area contributed by atoms with Gasteiger partial charge < -0.3 is 36.7 Å². The summed E-state index contributed by atoms with van der Waals surface area (Å²) in [6.07, 6.45) is 25.3. The van der Waals surface area contributed by atoms with Gasteiger partial charge in [-0.1, -0.05) is 66.2 Å². The smallest absolute Gasteiger partial charge is 0.0580 e. The molecule has 48 heavy (non-hydrogen) atoms. The van der Waals surface area contributed by atoms with E-state index >= 15 is 0 Å². The Balaban J connectivity index is 2.06. The Kier molecular flexibility index (Phi) is 25.0. The summed E-state index contributed by atoms with van der Waals surface area (Å²) in [5.74, 6) is 3.45. The third-order valence-electron chi connectivity index (χ3n) is 12.3. The van der Waals surface area contributed by atoms with Crippen molar-refractivity contribution in [3.8, 4) is 0 Å². The van der Waals surface area contributed by atoms with E-state index in [-0.39, 0.29) is 5.41 Å². The van der Waals surface area contributed by atoms with Crippen LogP contribution in [0.3, 0.4) is 0 Å². The number of unbranched alkanes of at least 4 members (excludes halogenated alkanes) is 5. The van der Waals surface area contributed by atoms with Crippen LogP contribution in [0.1, 0.15) is 156 Å². The van der Waals surface area contributed by atoms with Gasteiger partial charge in [-0.15, -0.1) is 0 Å². The van der Waals surface area contributed by atoms with E-state index in [1.807, 2.05) is 0 Å². The Morgan fingerprint density at radius 3 is 2.10 bits per heavy atom. The van der Waals surface area contributed by atoms with E-state index < -0.39 is 0 Å². The Morgan fingerprint density at radius 2 is 1.38 bits per heavy atom. The Bertz CT molecular complexity index is 744. The van der Waals surface area contributed by atoms with Crippen LogP contribution in [-0.2, 0) is 14.2 Å². The lowest BCUT2D eigenvalue weighted by Crippen LogP contribution is -2.44. The maximum Gasteiger partial charge on any atom is 0.0580 e. The summed E-state index contributed by atoms with van der Waals surface area (Å²) in [6.45, 7) is 17.6. The fourth-order valence-electron chi connectivity index (χ4n) is 8.90. The Morgan fingerprint density at radius 1 is 0.708 bits per heavy atom. The van der Waals surface area contributed by atoms with E-state index in [9.17, 15) is 0 Å². The first-order valence-corrected chi connectivity index (χ1v) is 21.0. The van der Waals surface area contributed by atoms with E-state index in [0.29, 0.717) is 43.7 Å². The minimum absolute atomic E-state index is 0.266. The zero-order chi connectivity index (χ0) is 34.9.